The molecule has 104 valence electrons. The van der Waals surface area contributed by atoms with Crippen LogP contribution in [0.2, 0.25) is 0 Å². The largest absolute Gasteiger partial charge is 0.380 e. The van der Waals surface area contributed by atoms with E-state index in [0.29, 0.717) is 12.1 Å². The first-order valence-electron chi connectivity index (χ1n) is 5.91. The predicted octanol–water partition coefficient (Wildman–Crippen LogP) is 4.07. The van der Waals surface area contributed by atoms with Crippen molar-refractivity contribution in [3.05, 3.63) is 64.0 Å². The first-order valence-corrected chi connectivity index (χ1v) is 7.14. The lowest BCUT2D eigenvalue weighted by atomic mass is 10.2. The average molecular weight is 292 g/mol. The molecule has 2 aromatic carbocycles. The van der Waals surface area contributed by atoms with Crippen LogP contribution < -0.4 is 5.32 Å². The third-order valence-corrected chi connectivity index (χ3v) is 3.59. The number of anilines is 1. The Kier molecular flexibility index (Phi) is 4.57. The number of para-hydroxylation sites is 1. The van der Waals surface area contributed by atoms with Gasteiger partial charge in [0.25, 0.3) is 0 Å². The van der Waals surface area contributed by atoms with Crippen LogP contribution in [0.3, 0.4) is 0 Å². The second-order valence-electron chi connectivity index (χ2n) is 4.10. The van der Waals surface area contributed by atoms with Crippen LogP contribution in [0.1, 0.15) is 5.56 Å². The average Bonchev–Trinajstić information content (AvgIpc) is 2.45. The molecule has 0 atom stereocenters. The van der Waals surface area contributed by atoms with E-state index in [9.17, 15) is 14.5 Å². The van der Waals surface area contributed by atoms with E-state index in [1.807, 2.05) is 30.5 Å². The van der Waals surface area contributed by atoms with Gasteiger partial charge in [0.2, 0.25) is 5.82 Å². The summed E-state index contributed by atoms with van der Waals surface area (Å²) < 4.78 is 13.5. The second-order valence-corrected chi connectivity index (χ2v) is 4.94. The summed E-state index contributed by atoms with van der Waals surface area (Å²) in [5.74, 6) is -0.813. The van der Waals surface area contributed by atoms with E-state index in [-0.39, 0.29) is 0 Å². The van der Waals surface area contributed by atoms with E-state index in [0.717, 1.165) is 10.6 Å². The van der Waals surface area contributed by atoms with Gasteiger partial charge < -0.3 is 5.32 Å². The van der Waals surface area contributed by atoms with E-state index in [1.54, 1.807) is 17.8 Å². The molecule has 2 rings (SSSR count). The van der Waals surface area contributed by atoms with Crippen LogP contribution in [0.25, 0.3) is 0 Å². The third kappa shape index (κ3) is 3.27. The molecule has 0 saturated heterocycles. The van der Waals surface area contributed by atoms with Crippen LogP contribution in [0.15, 0.2) is 47.4 Å². The Labute approximate surface area is 120 Å². The number of hydrogen-bond acceptors (Lipinski definition) is 4. The molecule has 0 aliphatic rings. The standard InChI is InChI=1S/C14H13FN2O2S/c1-20-14-5-3-2-4-12(14)16-9-10-6-7-13(17(18)19)11(15)8-10/h2-8,16H,9H2,1H3. The fourth-order valence-electron chi connectivity index (χ4n) is 1.80. The Morgan fingerprint density at radius 2 is 2.05 bits per heavy atom. The minimum absolute atomic E-state index is 0.409. The molecule has 2 aromatic rings. The number of nitrogens with one attached hydrogen (secondary N) is 1. The van der Waals surface area contributed by atoms with Crippen molar-refractivity contribution in [3.8, 4) is 0 Å². The highest BCUT2D eigenvalue weighted by Gasteiger charge is 2.13. The van der Waals surface area contributed by atoms with E-state index >= 15 is 0 Å². The SMILES string of the molecule is CSc1ccccc1NCc1ccc([N+](=O)[O-])c(F)c1. The maximum Gasteiger partial charge on any atom is 0.304 e. The summed E-state index contributed by atoms with van der Waals surface area (Å²) in [7, 11) is 0. The van der Waals surface area contributed by atoms with Crippen molar-refractivity contribution in [1.82, 2.24) is 0 Å². The summed E-state index contributed by atoms with van der Waals surface area (Å²) in [5.41, 5.74) is 1.11. The van der Waals surface area contributed by atoms with Crippen LogP contribution in [0.4, 0.5) is 15.8 Å². The van der Waals surface area contributed by atoms with Crippen LogP contribution in [0.5, 0.6) is 0 Å². The molecule has 6 heteroatoms. The molecule has 0 amide bonds. The van der Waals surface area contributed by atoms with Gasteiger partial charge in [-0.15, -0.1) is 11.8 Å². The Morgan fingerprint density at radius 3 is 2.70 bits per heavy atom. The number of hydrogen-bond donors (Lipinski definition) is 1. The molecule has 4 nitrogen and oxygen atoms in total. The summed E-state index contributed by atoms with van der Waals surface area (Å²) in [6.45, 7) is 0.409. The van der Waals surface area contributed by atoms with Gasteiger partial charge in [0.05, 0.1) is 4.92 Å². The summed E-state index contributed by atoms with van der Waals surface area (Å²) in [6, 6.07) is 11.7. The molecule has 0 aromatic heterocycles. The number of benzene rings is 2. The van der Waals surface area contributed by atoms with E-state index in [2.05, 4.69) is 5.32 Å². The van der Waals surface area contributed by atoms with Crippen molar-refractivity contribution in [2.24, 2.45) is 0 Å². The van der Waals surface area contributed by atoms with Crippen molar-refractivity contribution in [1.29, 1.82) is 0 Å². The second kappa shape index (κ2) is 6.38. The molecular formula is C14H13FN2O2S. The Bertz CT molecular complexity index is 634. The lowest BCUT2D eigenvalue weighted by Gasteiger charge is -2.10. The zero-order valence-corrected chi connectivity index (χ0v) is 11.6. The van der Waals surface area contributed by atoms with Gasteiger partial charge in [-0.2, -0.15) is 4.39 Å². The molecule has 0 bridgehead atoms. The summed E-state index contributed by atoms with van der Waals surface area (Å²) in [5, 5.41) is 13.7. The van der Waals surface area contributed by atoms with Gasteiger partial charge in [-0.05, 0) is 30.0 Å². The van der Waals surface area contributed by atoms with Crippen molar-refractivity contribution in [2.45, 2.75) is 11.4 Å². The van der Waals surface area contributed by atoms with Crippen molar-refractivity contribution < 1.29 is 9.31 Å². The smallest absolute Gasteiger partial charge is 0.304 e. The van der Waals surface area contributed by atoms with Crippen LogP contribution in [-0.4, -0.2) is 11.2 Å². The number of nitro benzene ring substituents is 1. The fourth-order valence-corrected chi connectivity index (χ4v) is 2.37. The van der Waals surface area contributed by atoms with E-state index < -0.39 is 16.4 Å². The molecule has 0 heterocycles. The Morgan fingerprint density at radius 1 is 1.30 bits per heavy atom. The monoisotopic (exact) mass is 292 g/mol. The van der Waals surface area contributed by atoms with Gasteiger partial charge in [-0.25, -0.2) is 0 Å². The number of nitrogens with zero attached hydrogens (tertiary/aromatic N) is 1. The normalized spacial score (nSPS) is 10.3. The molecule has 0 radical (unpaired) electrons. The maximum atomic E-state index is 13.5. The predicted molar refractivity (Wildman–Crippen MR) is 78.6 cm³/mol. The summed E-state index contributed by atoms with van der Waals surface area (Å²) in [4.78, 5) is 10.9. The highest BCUT2D eigenvalue weighted by Crippen LogP contribution is 2.25. The molecule has 20 heavy (non-hydrogen) atoms. The van der Waals surface area contributed by atoms with Crippen LogP contribution in [0, 0.1) is 15.9 Å². The molecule has 0 aliphatic carbocycles. The lowest BCUT2D eigenvalue weighted by Crippen LogP contribution is -2.02. The number of halogens is 1. The molecule has 0 fully saturated rings. The van der Waals surface area contributed by atoms with Gasteiger partial charge in [0.15, 0.2) is 0 Å². The minimum atomic E-state index is -0.813. The fraction of sp³-hybridized carbons (Fsp3) is 0.143. The van der Waals surface area contributed by atoms with Gasteiger partial charge in [-0.1, -0.05) is 18.2 Å². The Hall–Kier alpha value is -2.08. The summed E-state index contributed by atoms with van der Waals surface area (Å²) >= 11 is 1.61. The molecule has 0 saturated carbocycles. The van der Waals surface area contributed by atoms with Crippen molar-refractivity contribution in [3.63, 3.8) is 0 Å². The zero-order valence-electron chi connectivity index (χ0n) is 10.8. The van der Waals surface area contributed by atoms with Gasteiger partial charge in [0.1, 0.15) is 0 Å². The molecular weight excluding hydrogens is 279 g/mol. The summed E-state index contributed by atoms with van der Waals surface area (Å²) in [6.07, 6.45) is 1.98. The molecule has 0 aliphatic heterocycles. The number of rotatable bonds is 5. The lowest BCUT2D eigenvalue weighted by molar-refractivity contribution is -0.387. The highest BCUT2D eigenvalue weighted by molar-refractivity contribution is 7.98. The van der Waals surface area contributed by atoms with Gasteiger partial charge >= 0.3 is 5.69 Å². The maximum absolute atomic E-state index is 13.5. The van der Waals surface area contributed by atoms with Gasteiger partial charge in [-0.3, -0.25) is 10.1 Å². The molecule has 0 spiro atoms. The zero-order chi connectivity index (χ0) is 14.5. The quantitative estimate of drug-likeness (QED) is 0.513. The third-order valence-electron chi connectivity index (χ3n) is 2.80. The first-order chi connectivity index (χ1) is 9.61. The number of nitro groups is 1. The first kappa shape index (κ1) is 14.3. The van der Waals surface area contributed by atoms with Crippen molar-refractivity contribution in [2.75, 3.05) is 11.6 Å². The molecule has 0 unspecified atom stereocenters. The van der Waals surface area contributed by atoms with E-state index in [1.165, 1.54) is 12.1 Å². The highest BCUT2D eigenvalue weighted by atomic mass is 32.2. The minimum Gasteiger partial charge on any atom is -0.380 e. The molecule has 1 N–H and O–H groups in total. The topological polar surface area (TPSA) is 55.2 Å². The van der Waals surface area contributed by atoms with E-state index in [4.69, 9.17) is 0 Å². The van der Waals surface area contributed by atoms with Gasteiger partial charge in [0, 0.05) is 23.2 Å². The number of thioether (sulfide) groups is 1. The van der Waals surface area contributed by atoms with Crippen molar-refractivity contribution >= 4 is 23.1 Å². The van der Waals surface area contributed by atoms with Crippen LogP contribution in [-0.2, 0) is 6.54 Å². The Balaban J connectivity index is 2.11. The van der Waals surface area contributed by atoms with Crippen LogP contribution >= 0.6 is 11.8 Å².